The second-order valence-electron chi connectivity index (χ2n) is 9.13. The van der Waals surface area contributed by atoms with Gasteiger partial charge in [0.1, 0.15) is 5.03 Å². The zero-order valence-corrected chi connectivity index (χ0v) is 21.8. The first-order valence-corrected chi connectivity index (χ1v) is 13.5. The van der Waals surface area contributed by atoms with Crippen molar-refractivity contribution >= 4 is 35.1 Å². The smallest absolute Gasteiger partial charge is 0.326 e. The van der Waals surface area contributed by atoms with Crippen LogP contribution in [0.2, 0.25) is 0 Å². The molecule has 1 aromatic heterocycles. The summed E-state index contributed by atoms with van der Waals surface area (Å²) in [7, 11) is 0. The average molecular weight is 497 g/mol. The van der Waals surface area contributed by atoms with Gasteiger partial charge in [0.25, 0.3) is 5.91 Å². The molecule has 1 aromatic carbocycles. The molecule has 3 heterocycles. The van der Waals surface area contributed by atoms with Crippen molar-refractivity contribution in [2.75, 3.05) is 68.3 Å². The van der Waals surface area contributed by atoms with Crippen LogP contribution in [0.4, 0.5) is 16.2 Å². The largest absolute Gasteiger partial charge is 0.352 e. The Morgan fingerprint density at radius 2 is 1.74 bits per heavy atom. The van der Waals surface area contributed by atoms with E-state index in [1.54, 1.807) is 40.9 Å². The molecule has 2 aliphatic rings. The van der Waals surface area contributed by atoms with Gasteiger partial charge < -0.3 is 20.4 Å². The SMILES string of the molecule is CCN1CCN(CCCNC(=O)c2ccc(NC(=O)N3CCSc4nc(C)cc(C)c43)cc2)CC1. The Morgan fingerprint density at radius 1 is 1.03 bits per heavy atom. The Bertz CT molecular complexity index is 1040. The minimum atomic E-state index is -0.183. The third kappa shape index (κ3) is 6.54. The second-order valence-corrected chi connectivity index (χ2v) is 10.2. The number of fused-ring (bicyclic) bond motifs is 1. The van der Waals surface area contributed by atoms with Gasteiger partial charge in [0.2, 0.25) is 0 Å². The summed E-state index contributed by atoms with van der Waals surface area (Å²) >= 11 is 1.68. The highest BCUT2D eigenvalue weighted by Crippen LogP contribution is 2.36. The molecule has 1 saturated heterocycles. The molecule has 0 radical (unpaired) electrons. The van der Waals surface area contributed by atoms with E-state index in [4.69, 9.17) is 0 Å². The molecular formula is C26H36N6O2S. The van der Waals surface area contributed by atoms with Crippen LogP contribution in [-0.2, 0) is 0 Å². The zero-order chi connectivity index (χ0) is 24.8. The van der Waals surface area contributed by atoms with Gasteiger partial charge in [0, 0.05) is 62.0 Å². The van der Waals surface area contributed by atoms with Crippen LogP contribution in [0.25, 0.3) is 0 Å². The van der Waals surface area contributed by atoms with Crippen LogP contribution in [0.5, 0.6) is 0 Å². The number of carbonyl (C=O) groups excluding carboxylic acids is 2. The molecule has 35 heavy (non-hydrogen) atoms. The highest BCUT2D eigenvalue weighted by atomic mass is 32.2. The molecule has 0 atom stereocenters. The van der Waals surface area contributed by atoms with E-state index in [0.29, 0.717) is 24.3 Å². The van der Waals surface area contributed by atoms with Crippen molar-refractivity contribution in [1.82, 2.24) is 20.1 Å². The third-order valence-electron chi connectivity index (χ3n) is 6.60. The first-order chi connectivity index (χ1) is 16.9. The van der Waals surface area contributed by atoms with Crippen molar-refractivity contribution < 1.29 is 9.59 Å². The van der Waals surface area contributed by atoms with Gasteiger partial charge in [-0.3, -0.25) is 9.69 Å². The summed E-state index contributed by atoms with van der Waals surface area (Å²) in [5.41, 5.74) is 4.14. The summed E-state index contributed by atoms with van der Waals surface area (Å²) in [6.07, 6.45) is 0.940. The Labute approximate surface area is 212 Å². The number of hydrogen-bond donors (Lipinski definition) is 2. The Hall–Kier alpha value is -2.62. The maximum atomic E-state index is 13.0. The highest BCUT2D eigenvalue weighted by molar-refractivity contribution is 7.99. The quantitative estimate of drug-likeness (QED) is 0.570. The number of urea groups is 1. The summed E-state index contributed by atoms with van der Waals surface area (Å²) in [6, 6.07) is 8.89. The van der Waals surface area contributed by atoms with Crippen LogP contribution in [0.15, 0.2) is 35.4 Å². The lowest BCUT2D eigenvalue weighted by Crippen LogP contribution is -2.46. The van der Waals surface area contributed by atoms with Crippen LogP contribution in [-0.4, -0.2) is 84.8 Å². The number of piperazine rings is 1. The van der Waals surface area contributed by atoms with Gasteiger partial charge in [-0.25, -0.2) is 9.78 Å². The molecule has 0 unspecified atom stereocenters. The van der Waals surface area contributed by atoms with Gasteiger partial charge in [0.05, 0.1) is 5.69 Å². The lowest BCUT2D eigenvalue weighted by molar-refractivity contribution is 0.0948. The molecule has 0 aliphatic carbocycles. The number of anilines is 2. The number of pyridine rings is 1. The molecule has 2 N–H and O–H groups in total. The number of carbonyl (C=O) groups is 2. The standard InChI is InChI=1S/C26H36N6O2S/c1-4-30-12-14-31(15-13-30)11-5-10-27-24(33)21-6-8-22(9-7-21)29-26(34)32-16-17-35-25-23(32)19(2)18-20(3)28-25/h6-9,18H,4-5,10-17H2,1-3H3,(H,27,33)(H,29,34). The number of nitrogens with zero attached hydrogens (tertiary/aromatic N) is 4. The normalized spacial score (nSPS) is 16.6. The molecule has 3 amide bonds. The van der Waals surface area contributed by atoms with E-state index in [2.05, 4.69) is 32.3 Å². The van der Waals surface area contributed by atoms with Crippen LogP contribution >= 0.6 is 11.8 Å². The molecule has 4 rings (SSSR count). The number of nitrogens with one attached hydrogen (secondary N) is 2. The van der Waals surface area contributed by atoms with Gasteiger partial charge in [-0.2, -0.15) is 0 Å². The van der Waals surface area contributed by atoms with Crippen molar-refractivity contribution in [3.05, 3.63) is 47.2 Å². The van der Waals surface area contributed by atoms with Gasteiger partial charge >= 0.3 is 6.03 Å². The van der Waals surface area contributed by atoms with Crippen LogP contribution in [0, 0.1) is 13.8 Å². The molecule has 8 nitrogen and oxygen atoms in total. The van der Waals surface area contributed by atoms with E-state index in [9.17, 15) is 9.59 Å². The molecule has 188 valence electrons. The van der Waals surface area contributed by atoms with E-state index in [1.165, 1.54) is 0 Å². The molecule has 1 fully saturated rings. The minimum absolute atomic E-state index is 0.0854. The van der Waals surface area contributed by atoms with Gasteiger partial charge in [-0.15, -0.1) is 11.8 Å². The van der Waals surface area contributed by atoms with Crippen molar-refractivity contribution in [2.45, 2.75) is 32.2 Å². The first-order valence-electron chi connectivity index (χ1n) is 12.5. The summed E-state index contributed by atoms with van der Waals surface area (Å²) in [4.78, 5) is 36.8. The predicted octanol–water partition coefficient (Wildman–Crippen LogP) is 3.60. The lowest BCUT2D eigenvalue weighted by atomic mass is 10.2. The van der Waals surface area contributed by atoms with E-state index in [0.717, 1.165) is 73.4 Å². The van der Waals surface area contributed by atoms with E-state index < -0.39 is 0 Å². The minimum Gasteiger partial charge on any atom is -0.352 e. The monoisotopic (exact) mass is 496 g/mol. The van der Waals surface area contributed by atoms with Crippen molar-refractivity contribution in [3.8, 4) is 0 Å². The third-order valence-corrected chi connectivity index (χ3v) is 7.54. The zero-order valence-electron chi connectivity index (χ0n) is 21.0. The fourth-order valence-electron chi connectivity index (χ4n) is 4.60. The molecule has 0 spiro atoms. The maximum Gasteiger partial charge on any atom is 0.326 e. The van der Waals surface area contributed by atoms with Crippen molar-refractivity contribution in [3.63, 3.8) is 0 Å². The summed E-state index contributed by atoms with van der Waals surface area (Å²) in [6.45, 7) is 14.1. The number of aromatic nitrogens is 1. The number of hydrogen-bond acceptors (Lipinski definition) is 6. The maximum absolute atomic E-state index is 13.0. The number of amides is 3. The van der Waals surface area contributed by atoms with Crippen molar-refractivity contribution in [1.29, 1.82) is 0 Å². The number of aryl methyl sites for hydroxylation is 2. The Kier molecular flexibility index (Phi) is 8.64. The van der Waals surface area contributed by atoms with Crippen LogP contribution in [0.1, 0.15) is 35.0 Å². The van der Waals surface area contributed by atoms with Gasteiger partial charge in [-0.1, -0.05) is 6.92 Å². The molecule has 0 bridgehead atoms. The highest BCUT2D eigenvalue weighted by Gasteiger charge is 2.26. The first kappa shape index (κ1) is 25.5. The topological polar surface area (TPSA) is 80.8 Å². The summed E-state index contributed by atoms with van der Waals surface area (Å²) < 4.78 is 0. The molecule has 0 saturated carbocycles. The van der Waals surface area contributed by atoms with Crippen LogP contribution in [0.3, 0.4) is 0 Å². The van der Waals surface area contributed by atoms with Gasteiger partial charge in [-0.05, 0) is 69.3 Å². The number of likely N-dealkylation sites (N-methyl/N-ethyl adjacent to an activating group) is 1. The fourth-order valence-corrected chi connectivity index (χ4v) is 5.69. The molecule has 2 aromatic rings. The molecule has 2 aliphatic heterocycles. The predicted molar refractivity (Wildman–Crippen MR) is 143 cm³/mol. The van der Waals surface area contributed by atoms with Crippen LogP contribution < -0.4 is 15.5 Å². The van der Waals surface area contributed by atoms with E-state index in [1.807, 2.05) is 19.9 Å². The Morgan fingerprint density at radius 3 is 2.46 bits per heavy atom. The average Bonchev–Trinajstić information content (AvgIpc) is 2.86. The van der Waals surface area contributed by atoms with E-state index in [-0.39, 0.29) is 11.9 Å². The number of rotatable bonds is 7. The van der Waals surface area contributed by atoms with Gasteiger partial charge in [0.15, 0.2) is 0 Å². The second kappa shape index (κ2) is 11.9. The summed E-state index contributed by atoms with van der Waals surface area (Å²) in [5.74, 6) is 0.724. The van der Waals surface area contributed by atoms with Crippen molar-refractivity contribution in [2.24, 2.45) is 0 Å². The Balaban J connectivity index is 1.25. The molecule has 9 heteroatoms. The summed E-state index contributed by atoms with van der Waals surface area (Å²) in [5, 5.41) is 6.88. The van der Waals surface area contributed by atoms with E-state index >= 15 is 0 Å². The molecular weight excluding hydrogens is 460 g/mol. The fraction of sp³-hybridized carbons (Fsp3) is 0.500. The number of thioether (sulfide) groups is 1. The lowest BCUT2D eigenvalue weighted by Gasteiger charge is -2.33. The number of benzene rings is 1.